The third-order valence-electron chi connectivity index (χ3n) is 8.22. The number of nitrogens with zero attached hydrogens (tertiary/aromatic N) is 2. The van der Waals surface area contributed by atoms with Gasteiger partial charge in [-0.25, -0.2) is 0 Å². The molecule has 0 aliphatic heterocycles. The summed E-state index contributed by atoms with van der Waals surface area (Å²) in [5.74, 6) is 3.02. The van der Waals surface area contributed by atoms with Crippen molar-refractivity contribution in [1.29, 1.82) is 0 Å². The van der Waals surface area contributed by atoms with Gasteiger partial charge in [-0.3, -0.25) is 0 Å². The fourth-order valence-electron chi connectivity index (χ4n) is 5.64. The molecule has 0 saturated heterocycles. The van der Waals surface area contributed by atoms with Crippen LogP contribution in [0.1, 0.15) is 34.1 Å². The van der Waals surface area contributed by atoms with Gasteiger partial charge in [0.1, 0.15) is 0 Å². The van der Waals surface area contributed by atoms with Crippen molar-refractivity contribution in [1.82, 2.24) is 0 Å². The number of para-hydroxylation sites is 2. The number of methoxy groups -OCH3 is 4. The van der Waals surface area contributed by atoms with Gasteiger partial charge in [0.25, 0.3) is 0 Å². The van der Waals surface area contributed by atoms with Crippen molar-refractivity contribution in [2.24, 2.45) is 0 Å². The predicted molar refractivity (Wildman–Crippen MR) is 217 cm³/mol. The van der Waals surface area contributed by atoms with E-state index in [2.05, 4.69) is 95.8 Å². The summed E-state index contributed by atoms with van der Waals surface area (Å²) in [6.45, 7) is 6.37. The Balaban J connectivity index is 0.000000243. The Morgan fingerprint density at radius 3 is 1.13 bits per heavy atom. The monoisotopic (exact) mass is 1080 g/mol. The molecule has 5 aromatic carbocycles. The third-order valence-corrected chi connectivity index (χ3v) is 13.0. The molecule has 0 bridgehead atoms. The molecular weight excluding hydrogens is 1030 g/mol. The summed E-state index contributed by atoms with van der Waals surface area (Å²) >= 11 is 0.722. The standard InChI is InChI=1S/2C19H20NO2Se.C6H6.2HI/c2*1-4-20-15-7-5-6-8-18(15)23-19(20)12-10-14-9-11-16(21-2)17(13-14)22-3;1-2-4-6-5-3-1;;/h2*5-13H,4H2,1-3H3;1-6H;2*1H/q2*+1;;;/p-2/b2*12-10+;;;. The van der Waals surface area contributed by atoms with E-state index in [0.29, 0.717) is 29.0 Å². The van der Waals surface area contributed by atoms with Gasteiger partial charge in [-0.1, -0.05) is 36.4 Å². The molecule has 0 aliphatic rings. The van der Waals surface area contributed by atoms with E-state index in [9.17, 15) is 0 Å². The molecule has 2 aromatic heterocycles. The van der Waals surface area contributed by atoms with Crippen LogP contribution in [0.2, 0.25) is 0 Å². The van der Waals surface area contributed by atoms with Crippen molar-refractivity contribution in [2.75, 3.05) is 28.4 Å². The maximum absolute atomic E-state index is 5.37. The van der Waals surface area contributed by atoms with Gasteiger partial charge in [0, 0.05) is 0 Å². The van der Waals surface area contributed by atoms with E-state index in [0.717, 1.165) is 47.2 Å². The van der Waals surface area contributed by atoms with Crippen molar-refractivity contribution in [3.05, 3.63) is 142 Å². The smallest absolute Gasteiger partial charge is 0.0623 e. The van der Waals surface area contributed by atoms with Crippen molar-refractivity contribution in [3.8, 4) is 23.0 Å². The molecule has 0 unspecified atom stereocenters. The van der Waals surface area contributed by atoms with Gasteiger partial charge >= 0.3 is 285 Å². The third kappa shape index (κ3) is 11.8. The molecule has 0 saturated carbocycles. The minimum Gasteiger partial charge on any atom is -1.00 e. The van der Waals surface area contributed by atoms with Crippen LogP contribution in [0.25, 0.3) is 43.9 Å². The van der Waals surface area contributed by atoms with Crippen LogP contribution < -0.4 is 76.0 Å². The molecule has 54 heavy (non-hydrogen) atoms. The molecule has 0 N–H and O–H groups in total. The Morgan fingerprint density at radius 2 is 0.796 bits per heavy atom. The maximum Gasteiger partial charge on any atom is -0.0623 e. The number of fused-ring (bicyclic) bond motifs is 2. The summed E-state index contributed by atoms with van der Waals surface area (Å²) in [5.41, 5.74) is 4.92. The fraction of sp³-hybridized carbons (Fsp3) is 0.182. The van der Waals surface area contributed by atoms with Gasteiger partial charge < -0.3 is 48.0 Å². The van der Waals surface area contributed by atoms with E-state index < -0.39 is 0 Å². The van der Waals surface area contributed by atoms with Gasteiger partial charge in [-0.05, 0) is 0 Å². The first kappa shape index (κ1) is 45.0. The number of hydrogen-bond donors (Lipinski definition) is 0. The van der Waals surface area contributed by atoms with E-state index >= 15 is 0 Å². The zero-order valence-corrected chi connectivity index (χ0v) is 39.1. The number of rotatable bonds is 10. The second kappa shape index (κ2) is 23.5. The molecule has 7 rings (SSSR count). The van der Waals surface area contributed by atoms with Crippen molar-refractivity contribution < 1.29 is 76.0 Å². The summed E-state index contributed by atoms with van der Waals surface area (Å²) < 4.78 is 31.8. The van der Waals surface area contributed by atoms with Gasteiger partial charge in [0.05, 0.1) is 0 Å². The number of ether oxygens (including phenoxy) is 4. The van der Waals surface area contributed by atoms with Gasteiger partial charge in [-0.15, -0.1) is 0 Å². The first-order valence-electron chi connectivity index (χ1n) is 17.2. The Bertz CT molecular complexity index is 2080. The topological polar surface area (TPSA) is 44.7 Å². The molecule has 0 aliphatic carbocycles. The van der Waals surface area contributed by atoms with E-state index in [4.69, 9.17) is 18.9 Å². The fourth-order valence-corrected chi connectivity index (χ4v) is 10.4. The van der Waals surface area contributed by atoms with E-state index in [1.165, 1.54) is 28.7 Å². The maximum atomic E-state index is 5.37. The number of aryl methyl sites for hydroxylation is 2. The SMILES string of the molecule is CC[n+]1c(/C=C/c2ccc(OC)c(OC)c2)[se]c2ccccc21.CC[n+]1c(/C=C/c2ccc(OC)c(OC)c2)[se]c2ccccc21.[I-].[I-].c1ccccc1. The number of aromatic nitrogens is 2. The van der Waals surface area contributed by atoms with Crippen LogP contribution in [0.5, 0.6) is 23.0 Å². The Kier molecular flexibility index (Phi) is 19.6. The molecule has 0 fully saturated rings. The van der Waals surface area contributed by atoms with Gasteiger partial charge in [0.15, 0.2) is 0 Å². The van der Waals surface area contributed by atoms with Crippen molar-refractivity contribution >= 4 is 72.9 Å². The molecule has 10 heteroatoms. The Labute approximate surface area is 365 Å². The Hall–Kier alpha value is -3.38. The largest absolute Gasteiger partial charge is 1.00 e. The minimum atomic E-state index is 0. The molecule has 6 nitrogen and oxygen atoms in total. The van der Waals surface area contributed by atoms with Crippen LogP contribution in [0.3, 0.4) is 0 Å². The van der Waals surface area contributed by atoms with Gasteiger partial charge in [-0.2, -0.15) is 0 Å². The summed E-state index contributed by atoms with van der Waals surface area (Å²) in [7, 11) is 6.63. The first-order chi connectivity index (χ1) is 25.5. The van der Waals surface area contributed by atoms with Crippen molar-refractivity contribution in [2.45, 2.75) is 26.9 Å². The van der Waals surface area contributed by atoms with Crippen LogP contribution in [0.4, 0.5) is 0 Å². The Morgan fingerprint density at radius 1 is 0.444 bits per heavy atom. The van der Waals surface area contributed by atoms with Crippen LogP contribution in [0, 0.1) is 0 Å². The summed E-state index contributed by atoms with van der Waals surface area (Å²) in [6, 6.07) is 41.3. The first-order valence-corrected chi connectivity index (χ1v) is 20.6. The molecule has 0 atom stereocenters. The number of halogens is 2. The summed E-state index contributed by atoms with van der Waals surface area (Å²) in [6.07, 6.45) is 8.75. The second-order valence-corrected chi connectivity index (χ2v) is 15.8. The minimum absolute atomic E-state index is 0. The van der Waals surface area contributed by atoms with Gasteiger partial charge in [0.2, 0.25) is 0 Å². The van der Waals surface area contributed by atoms with E-state index in [1.54, 1.807) is 28.4 Å². The van der Waals surface area contributed by atoms with Crippen LogP contribution in [0.15, 0.2) is 121 Å². The average Bonchev–Trinajstić information content (AvgIpc) is 3.77. The van der Waals surface area contributed by atoms with Crippen LogP contribution in [-0.4, -0.2) is 57.4 Å². The van der Waals surface area contributed by atoms with Crippen LogP contribution in [-0.2, 0) is 13.1 Å². The number of hydrogen-bond acceptors (Lipinski definition) is 4. The molecule has 7 aromatic rings. The molecule has 282 valence electrons. The predicted octanol–water partition coefficient (Wildman–Crippen LogP) is 2.48. The van der Waals surface area contributed by atoms with E-state index in [1.807, 2.05) is 72.8 Å². The average molecular weight is 1080 g/mol. The summed E-state index contributed by atoms with van der Waals surface area (Å²) in [5, 5.41) is 0. The zero-order chi connectivity index (χ0) is 36.7. The number of benzene rings is 5. The molecule has 2 heterocycles. The molecule has 0 spiro atoms. The summed E-state index contributed by atoms with van der Waals surface area (Å²) in [4.78, 5) is 0. The van der Waals surface area contributed by atoms with Crippen molar-refractivity contribution in [3.63, 3.8) is 0 Å². The second-order valence-electron chi connectivity index (χ2n) is 11.4. The van der Waals surface area contributed by atoms with E-state index in [-0.39, 0.29) is 48.0 Å². The molecular formula is C44H46I2N2O4Se2. The zero-order valence-electron chi connectivity index (χ0n) is 31.4. The molecule has 0 radical (unpaired) electrons. The molecule has 0 amide bonds. The normalized spacial score (nSPS) is 10.5. The quantitative estimate of drug-likeness (QED) is 0.120. The van der Waals surface area contributed by atoms with Crippen LogP contribution >= 0.6 is 0 Å².